The molecule has 1 aliphatic rings. The summed E-state index contributed by atoms with van der Waals surface area (Å²) in [6, 6.07) is 5.66. The molecule has 1 aromatic heterocycles. The van der Waals surface area contributed by atoms with Gasteiger partial charge in [0.25, 0.3) is 0 Å². The van der Waals surface area contributed by atoms with E-state index in [1.54, 1.807) is 6.92 Å². The molecule has 4 nitrogen and oxygen atoms in total. The average molecular weight is 305 g/mol. The Kier molecular flexibility index (Phi) is 4.29. The standard InChI is InChI=1S/C16H17F2N3O/c1-10-20-15(11-5-6-22-9-11)7-16(21-10)19-8-12-13(17)3-2-4-14(12)18/h2-4,7,11H,5-6,8-9H2,1H3,(H,19,20,21)/t11-/m1/s1. The van der Waals surface area contributed by atoms with Gasteiger partial charge in [-0.1, -0.05) is 6.07 Å². The van der Waals surface area contributed by atoms with Crippen molar-refractivity contribution in [3.8, 4) is 0 Å². The minimum Gasteiger partial charge on any atom is -0.381 e. The number of aromatic nitrogens is 2. The van der Waals surface area contributed by atoms with Crippen molar-refractivity contribution in [1.82, 2.24) is 9.97 Å². The Morgan fingerprint density at radius 2 is 2.05 bits per heavy atom. The van der Waals surface area contributed by atoms with E-state index < -0.39 is 11.6 Å². The molecule has 0 spiro atoms. The van der Waals surface area contributed by atoms with Crippen molar-refractivity contribution in [2.45, 2.75) is 25.8 Å². The second kappa shape index (κ2) is 6.36. The van der Waals surface area contributed by atoms with Crippen LogP contribution in [0.3, 0.4) is 0 Å². The molecule has 0 amide bonds. The zero-order chi connectivity index (χ0) is 15.5. The smallest absolute Gasteiger partial charge is 0.131 e. The molecule has 1 atom stereocenters. The molecule has 0 unspecified atom stereocenters. The Morgan fingerprint density at radius 1 is 1.27 bits per heavy atom. The van der Waals surface area contributed by atoms with Crippen molar-refractivity contribution >= 4 is 5.82 Å². The molecule has 0 aliphatic carbocycles. The van der Waals surface area contributed by atoms with Gasteiger partial charge in [-0.05, 0) is 25.5 Å². The number of benzene rings is 1. The lowest BCUT2D eigenvalue weighted by Crippen LogP contribution is -2.09. The summed E-state index contributed by atoms with van der Waals surface area (Å²) in [7, 11) is 0. The maximum absolute atomic E-state index is 13.6. The predicted octanol–water partition coefficient (Wildman–Crippen LogP) is 3.18. The Bertz CT molecular complexity index is 652. The zero-order valence-electron chi connectivity index (χ0n) is 12.3. The van der Waals surface area contributed by atoms with Crippen LogP contribution in [0.25, 0.3) is 0 Å². The van der Waals surface area contributed by atoms with Gasteiger partial charge in [-0.15, -0.1) is 0 Å². The van der Waals surface area contributed by atoms with Crippen LogP contribution < -0.4 is 5.32 Å². The largest absolute Gasteiger partial charge is 0.381 e. The fourth-order valence-electron chi connectivity index (χ4n) is 2.54. The molecule has 22 heavy (non-hydrogen) atoms. The highest BCUT2D eigenvalue weighted by molar-refractivity contribution is 5.38. The highest BCUT2D eigenvalue weighted by Crippen LogP contribution is 2.25. The number of halogens is 2. The molecule has 116 valence electrons. The van der Waals surface area contributed by atoms with Gasteiger partial charge in [-0.2, -0.15) is 0 Å². The Morgan fingerprint density at radius 3 is 2.73 bits per heavy atom. The number of rotatable bonds is 4. The molecule has 3 rings (SSSR count). The predicted molar refractivity (Wildman–Crippen MR) is 78.6 cm³/mol. The first-order valence-corrected chi connectivity index (χ1v) is 7.23. The first-order valence-electron chi connectivity index (χ1n) is 7.23. The normalized spacial score (nSPS) is 17.7. The van der Waals surface area contributed by atoms with Crippen LogP contribution in [0.1, 0.15) is 29.4 Å². The summed E-state index contributed by atoms with van der Waals surface area (Å²) in [4.78, 5) is 8.70. The van der Waals surface area contributed by atoms with Gasteiger partial charge in [0.2, 0.25) is 0 Å². The van der Waals surface area contributed by atoms with E-state index in [2.05, 4.69) is 15.3 Å². The lowest BCUT2D eigenvalue weighted by Gasteiger charge is -2.12. The molecule has 1 fully saturated rings. The fourth-order valence-corrected chi connectivity index (χ4v) is 2.54. The van der Waals surface area contributed by atoms with Crippen molar-refractivity contribution in [2.75, 3.05) is 18.5 Å². The quantitative estimate of drug-likeness (QED) is 0.942. The molecule has 0 saturated carbocycles. The van der Waals surface area contributed by atoms with E-state index in [9.17, 15) is 8.78 Å². The van der Waals surface area contributed by atoms with Gasteiger partial charge < -0.3 is 10.1 Å². The number of nitrogens with zero attached hydrogens (tertiary/aromatic N) is 2. The Labute approximate surface area is 127 Å². The minimum atomic E-state index is -0.567. The van der Waals surface area contributed by atoms with Crippen molar-refractivity contribution in [1.29, 1.82) is 0 Å². The highest BCUT2D eigenvalue weighted by atomic mass is 19.1. The number of nitrogens with one attached hydrogen (secondary N) is 1. The molecule has 1 aromatic carbocycles. The number of hydrogen-bond donors (Lipinski definition) is 1. The van der Waals surface area contributed by atoms with Crippen molar-refractivity contribution in [3.63, 3.8) is 0 Å². The molecule has 1 aliphatic heterocycles. The van der Waals surface area contributed by atoms with Gasteiger partial charge in [-0.3, -0.25) is 0 Å². The van der Waals surface area contributed by atoms with E-state index in [4.69, 9.17) is 4.74 Å². The van der Waals surface area contributed by atoms with Crippen LogP contribution in [0.2, 0.25) is 0 Å². The molecular weight excluding hydrogens is 288 g/mol. The van der Waals surface area contributed by atoms with E-state index in [-0.39, 0.29) is 18.0 Å². The van der Waals surface area contributed by atoms with Crippen LogP contribution in [0, 0.1) is 18.6 Å². The molecule has 0 radical (unpaired) electrons. The summed E-state index contributed by atoms with van der Waals surface area (Å²) in [6.45, 7) is 3.22. The molecule has 0 bridgehead atoms. The molecule has 1 saturated heterocycles. The Balaban J connectivity index is 1.77. The maximum atomic E-state index is 13.6. The maximum Gasteiger partial charge on any atom is 0.131 e. The SMILES string of the molecule is Cc1nc(NCc2c(F)cccc2F)cc([C@@H]2CCOC2)n1. The Hall–Kier alpha value is -2.08. The summed E-state index contributed by atoms with van der Waals surface area (Å²) in [5.74, 6) is 0.316. The first kappa shape index (κ1) is 14.8. The highest BCUT2D eigenvalue weighted by Gasteiger charge is 2.20. The first-order chi connectivity index (χ1) is 10.6. The van der Waals surface area contributed by atoms with Gasteiger partial charge >= 0.3 is 0 Å². The van der Waals surface area contributed by atoms with Crippen LogP contribution >= 0.6 is 0 Å². The average Bonchev–Trinajstić information content (AvgIpc) is 3.00. The molecule has 2 aromatic rings. The molecule has 2 heterocycles. The second-order valence-corrected chi connectivity index (χ2v) is 5.34. The lowest BCUT2D eigenvalue weighted by molar-refractivity contribution is 0.193. The summed E-state index contributed by atoms with van der Waals surface area (Å²) in [6.07, 6.45) is 0.928. The van der Waals surface area contributed by atoms with E-state index in [0.29, 0.717) is 18.2 Å². The molecule has 1 N–H and O–H groups in total. The third-order valence-corrected chi connectivity index (χ3v) is 3.71. The summed E-state index contributed by atoms with van der Waals surface area (Å²) in [5.41, 5.74) is 0.908. The minimum absolute atomic E-state index is 0.00418. The van der Waals surface area contributed by atoms with E-state index in [1.165, 1.54) is 18.2 Å². The molecular formula is C16H17F2N3O. The summed E-state index contributed by atoms with van der Waals surface area (Å²) >= 11 is 0. The summed E-state index contributed by atoms with van der Waals surface area (Å²) in [5, 5.41) is 2.98. The third kappa shape index (κ3) is 3.22. The van der Waals surface area contributed by atoms with Crippen LogP contribution in [0.4, 0.5) is 14.6 Å². The van der Waals surface area contributed by atoms with Gasteiger partial charge in [-0.25, -0.2) is 18.7 Å². The third-order valence-electron chi connectivity index (χ3n) is 3.71. The lowest BCUT2D eigenvalue weighted by atomic mass is 10.0. The second-order valence-electron chi connectivity index (χ2n) is 5.34. The van der Waals surface area contributed by atoms with Crippen molar-refractivity contribution in [3.05, 3.63) is 53.0 Å². The number of aryl methyl sites for hydroxylation is 1. The van der Waals surface area contributed by atoms with Gasteiger partial charge in [0.05, 0.1) is 12.3 Å². The monoisotopic (exact) mass is 305 g/mol. The van der Waals surface area contributed by atoms with Gasteiger partial charge in [0.1, 0.15) is 23.3 Å². The van der Waals surface area contributed by atoms with Crippen LogP contribution in [0.15, 0.2) is 24.3 Å². The van der Waals surface area contributed by atoms with Crippen molar-refractivity contribution in [2.24, 2.45) is 0 Å². The van der Waals surface area contributed by atoms with Crippen LogP contribution in [-0.4, -0.2) is 23.2 Å². The van der Waals surface area contributed by atoms with Gasteiger partial charge in [0.15, 0.2) is 0 Å². The van der Waals surface area contributed by atoms with E-state index in [0.717, 1.165) is 18.7 Å². The van der Waals surface area contributed by atoms with Gasteiger partial charge in [0, 0.05) is 30.7 Å². The molecule has 6 heteroatoms. The number of anilines is 1. The van der Waals surface area contributed by atoms with Crippen molar-refractivity contribution < 1.29 is 13.5 Å². The zero-order valence-corrected chi connectivity index (χ0v) is 12.3. The fraction of sp³-hybridized carbons (Fsp3) is 0.375. The van der Waals surface area contributed by atoms with Crippen LogP contribution in [-0.2, 0) is 11.3 Å². The van der Waals surface area contributed by atoms with E-state index in [1.807, 2.05) is 6.07 Å². The van der Waals surface area contributed by atoms with Crippen LogP contribution in [0.5, 0.6) is 0 Å². The topological polar surface area (TPSA) is 47.0 Å². The summed E-state index contributed by atoms with van der Waals surface area (Å²) < 4.78 is 32.6. The van der Waals surface area contributed by atoms with E-state index >= 15 is 0 Å². The number of ether oxygens (including phenoxy) is 1. The number of hydrogen-bond acceptors (Lipinski definition) is 4.